The largest absolute Gasteiger partial charge is 0.507 e. The third kappa shape index (κ3) is 3.37. The molecule has 0 aliphatic carbocycles. The van der Waals surface area contributed by atoms with E-state index >= 15 is 0 Å². The molecule has 0 spiro atoms. The summed E-state index contributed by atoms with van der Waals surface area (Å²) in [5.41, 5.74) is -0.735. The molecular weight excluding hydrogens is 311 g/mol. The van der Waals surface area contributed by atoms with Crippen LogP contribution < -0.4 is 10.2 Å². The van der Waals surface area contributed by atoms with Crippen molar-refractivity contribution in [2.45, 2.75) is 52.7 Å². The van der Waals surface area contributed by atoms with Gasteiger partial charge in [-0.3, -0.25) is 0 Å². The zero-order chi connectivity index (χ0) is 18.1. The van der Waals surface area contributed by atoms with E-state index in [1.54, 1.807) is 13.0 Å². The zero-order valence-corrected chi connectivity index (χ0v) is 15.1. The molecule has 132 valence electrons. The van der Waals surface area contributed by atoms with Gasteiger partial charge < -0.3 is 23.9 Å². The number of carbonyl (C=O) groups is 1. The molecule has 0 atom stereocenters. The van der Waals surface area contributed by atoms with E-state index in [2.05, 4.69) is 0 Å². The molecule has 6 nitrogen and oxygen atoms in total. The number of hydrogen-bond donors (Lipinski definition) is 1. The van der Waals surface area contributed by atoms with Crippen molar-refractivity contribution in [3.8, 4) is 11.5 Å². The molecule has 0 radical (unpaired) electrons. The summed E-state index contributed by atoms with van der Waals surface area (Å²) in [5, 5.41) is 10.6. The molecule has 1 N–H and O–H groups in total. The topological polar surface area (TPSA) is 74.2 Å². The fraction of sp³-hybridized carbons (Fsp3) is 0.588. The lowest BCUT2D eigenvalue weighted by Crippen LogP contribution is -2.41. The van der Waals surface area contributed by atoms with Gasteiger partial charge in [0.25, 0.3) is 0 Å². The first-order chi connectivity index (χ1) is 11.1. The van der Waals surface area contributed by atoms with Gasteiger partial charge in [-0.05, 0) is 53.7 Å². The van der Waals surface area contributed by atoms with E-state index in [-0.39, 0.29) is 17.9 Å². The molecule has 1 aromatic rings. The van der Waals surface area contributed by atoms with Crippen LogP contribution in [0.3, 0.4) is 0 Å². The summed E-state index contributed by atoms with van der Waals surface area (Å²) >= 11 is 0. The highest BCUT2D eigenvalue weighted by Gasteiger charge is 2.52. The van der Waals surface area contributed by atoms with Gasteiger partial charge in [0.15, 0.2) is 0 Å². The van der Waals surface area contributed by atoms with Gasteiger partial charge in [-0.15, -0.1) is 0 Å². The number of carbonyl (C=O) groups excluding carboxylic acids is 1. The molecule has 1 aliphatic heterocycles. The number of phenolic OH excluding ortho intramolecular Hbond substituents is 1. The fourth-order valence-electron chi connectivity index (χ4n) is 2.39. The third-order valence-corrected chi connectivity index (χ3v) is 4.43. The van der Waals surface area contributed by atoms with Gasteiger partial charge in [-0.25, -0.2) is 4.79 Å². The molecule has 1 heterocycles. The first-order valence-corrected chi connectivity index (χ1v) is 8.15. The lowest BCUT2D eigenvalue weighted by molar-refractivity contribution is 0.00578. The SMILES string of the molecule is CCOC(=O)c1cc(OCC)cc(B2OC(C)(C)C(C)(C)O2)c1O. The Hall–Kier alpha value is -1.73. The van der Waals surface area contributed by atoms with Gasteiger partial charge in [0, 0.05) is 5.46 Å². The van der Waals surface area contributed by atoms with Crippen LogP contribution in [0.15, 0.2) is 12.1 Å². The van der Waals surface area contributed by atoms with Crippen LogP contribution in [0.1, 0.15) is 51.9 Å². The second-order valence-electron chi connectivity index (χ2n) is 6.65. The van der Waals surface area contributed by atoms with Crippen molar-refractivity contribution in [3.63, 3.8) is 0 Å². The third-order valence-electron chi connectivity index (χ3n) is 4.43. The molecule has 0 unspecified atom stereocenters. The molecule has 24 heavy (non-hydrogen) atoms. The Morgan fingerprint density at radius 1 is 1.12 bits per heavy atom. The van der Waals surface area contributed by atoms with Crippen LogP contribution in [0.4, 0.5) is 0 Å². The number of esters is 1. The Balaban J connectivity index is 2.48. The molecule has 0 bridgehead atoms. The van der Waals surface area contributed by atoms with Crippen LogP contribution in [0.2, 0.25) is 0 Å². The minimum Gasteiger partial charge on any atom is -0.507 e. The number of benzene rings is 1. The Kier molecular flexibility index (Phi) is 5.15. The lowest BCUT2D eigenvalue weighted by Gasteiger charge is -2.32. The number of phenols is 1. The van der Waals surface area contributed by atoms with Gasteiger partial charge in [0.2, 0.25) is 0 Å². The molecular formula is C17H25BO6. The van der Waals surface area contributed by atoms with Gasteiger partial charge in [0.1, 0.15) is 17.1 Å². The van der Waals surface area contributed by atoms with Gasteiger partial charge in [-0.2, -0.15) is 0 Å². The average Bonchev–Trinajstić information content (AvgIpc) is 2.69. The molecule has 7 heteroatoms. The average molecular weight is 336 g/mol. The highest BCUT2D eigenvalue weighted by Crippen LogP contribution is 2.38. The van der Waals surface area contributed by atoms with Crippen molar-refractivity contribution in [1.29, 1.82) is 0 Å². The molecule has 0 amide bonds. The maximum Gasteiger partial charge on any atom is 0.498 e. The maximum absolute atomic E-state index is 12.1. The highest BCUT2D eigenvalue weighted by molar-refractivity contribution is 6.63. The van der Waals surface area contributed by atoms with Crippen molar-refractivity contribution in [3.05, 3.63) is 17.7 Å². The summed E-state index contributed by atoms with van der Waals surface area (Å²) in [6.45, 7) is 11.9. The van der Waals surface area contributed by atoms with E-state index in [9.17, 15) is 9.90 Å². The normalized spacial score (nSPS) is 18.5. The van der Waals surface area contributed by atoms with Crippen LogP contribution in [-0.2, 0) is 14.0 Å². The summed E-state index contributed by atoms with van der Waals surface area (Å²) in [4.78, 5) is 12.1. The minimum atomic E-state index is -0.802. The Morgan fingerprint density at radius 2 is 1.71 bits per heavy atom. The summed E-state index contributed by atoms with van der Waals surface area (Å²) in [5.74, 6) is -0.382. The Morgan fingerprint density at radius 3 is 2.21 bits per heavy atom. The van der Waals surface area contributed by atoms with E-state index in [4.69, 9.17) is 18.8 Å². The first kappa shape index (κ1) is 18.6. The second-order valence-corrected chi connectivity index (χ2v) is 6.65. The summed E-state index contributed by atoms with van der Waals surface area (Å²) < 4.78 is 22.4. The van der Waals surface area contributed by atoms with Crippen molar-refractivity contribution >= 4 is 18.6 Å². The highest BCUT2D eigenvalue weighted by atomic mass is 16.7. The molecule has 0 aromatic heterocycles. The predicted molar refractivity (Wildman–Crippen MR) is 90.9 cm³/mol. The molecule has 1 aromatic carbocycles. The quantitative estimate of drug-likeness (QED) is 0.657. The number of aromatic hydroxyl groups is 1. The van der Waals surface area contributed by atoms with Crippen molar-refractivity contribution in [1.82, 2.24) is 0 Å². The molecule has 1 aliphatic rings. The number of ether oxygens (including phenoxy) is 2. The van der Waals surface area contributed by atoms with Crippen molar-refractivity contribution < 1.29 is 28.7 Å². The van der Waals surface area contributed by atoms with Crippen LogP contribution in [0.25, 0.3) is 0 Å². The van der Waals surface area contributed by atoms with E-state index in [0.29, 0.717) is 17.8 Å². The summed E-state index contributed by atoms with van der Waals surface area (Å²) in [6.07, 6.45) is 0. The fourth-order valence-corrected chi connectivity index (χ4v) is 2.39. The van der Waals surface area contributed by atoms with Crippen molar-refractivity contribution in [2.75, 3.05) is 13.2 Å². The zero-order valence-electron chi connectivity index (χ0n) is 15.1. The number of rotatable bonds is 5. The summed E-state index contributed by atoms with van der Waals surface area (Å²) in [6, 6.07) is 3.09. The van der Waals surface area contributed by atoms with E-state index < -0.39 is 24.3 Å². The second kappa shape index (κ2) is 6.65. The lowest BCUT2D eigenvalue weighted by atomic mass is 9.77. The minimum absolute atomic E-state index is 0.0347. The van der Waals surface area contributed by atoms with E-state index in [1.165, 1.54) is 6.07 Å². The smallest absolute Gasteiger partial charge is 0.498 e. The van der Waals surface area contributed by atoms with Gasteiger partial charge >= 0.3 is 13.1 Å². The number of hydrogen-bond acceptors (Lipinski definition) is 6. The van der Waals surface area contributed by atoms with Crippen LogP contribution >= 0.6 is 0 Å². The molecule has 2 rings (SSSR count). The van der Waals surface area contributed by atoms with E-state index in [1.807, 2.05) is 34.6 Å². The molecule has 1 fully saturated rings. The Bertz CT molecular complexity index is 610. The molecule has 1 saturated heterocycles. The van der Waals surface area contributed by atoms with Crippen LogP contribution in [0, 0.1) is 0 Å². The predicted octanol–water partition coefficient (Wildman–Crippen LogP) is 2.27. The van der Waals surface area contributed by atoms with Gasteiger partial charge in [0.05, 0.1) is 24.4 Å². The van der Waals surface area contributed by atoms with E-state index in [0.717, 1.165) is 0 Å². The maximum atomic E-state index is 12.1. The Labute approximate surface area is 143 Å². The van der Waals surface area contributed by atoms with Crippen LogP contribution in [0.5, 0.6) is 11.5 Å². The summed E-state index contributed by atoms with van der Waals surface area (Å²) in [7, 11) is -0.802. The van der Waals surface area contributed by atoms with Crippen molar-refractivity contribution in [2.24, 2.45) is 0 Å². The van der Waals surface area contributed by atoms with Crippen LogP contribution in [-0.4, -0.2) is 42.6 Å². The molecule has 0 saturated carbocycles. The first-order valence-electron chi connectivity index (χ1n) is 8.15. The standard InChI is InChI=1S/C17H25BO6/c1-7-21-11-9-12(15(20)22-8-2)14(19)13(10-11)18-23-16(3,4)17(5,6)24-18/h9-10,19H,7-8H2,1-6H3. The monoisotopic (exact) mass is 336 g/mol. The van der Waals surface area contributed by atoms with Gasteiger partial charge in [-0.1, -0.05) is 0 Å².